The monoisotopic (exact) mass is 1750 g/mol. The smallest absolute Gasteiger partial charge is 0.303 e. The van der Waals surface area contributed by atoms with Crippen LogP contribution in [0.4, 0.5) is 23.0 Å². The van der Waals surface area contributed by atoms with Crippen LogP contribution in [0, 0.1) is 0 Å². The van der Waals surface area contributed by atoms with Crippen LogP contribution in [0.3, 0.4) is 0 Å². The third kappa shape index (κ3) is 23.4. The zero-order valence-electron chi connectivity index (χ0n) is 71.3. The summed E-state index contributed by atoms with van der Waals surface area (Å²) in [6, 6.07) is 23.2. The number of carbonyl (C=O) groups is 12. The molecule has 0 radical (unpaired) electrons. The number of carbonyl (C=O) groups excluding carboxylic acids is 11. The van der Waals surface area contributed by atoms with Gasteiger partial charge in [-0.25, -0.2) is 19.9 Å². The van der Waals surface area contributed by atoms with Gasteiger partial charge in [-0.15, -0.1) is 0 Å². The maximum Gasteiger partial charge on any atom is 0.303 e. The van der Waals surface area contributed by atoms with Crippen molar-refractivity contribution in [1.82, 2.24) is 55.5 Å². The molecule has 0 bridgehead atoms. The number of carboxylic acid groups (broad SMARTS) is 1. The van der Waals surface area contributed by atoms with Crippen molar-refractivity contribution >= 4 is 117 Å². The van der Waals surface area contributed by atoms with Crippen LogP contribution in [0.5, 0.6) is 0 Å². The number of fused-ring (bicyclic) bond motifs is 4. The average Bonchev–Trinajstić information content (AvgIpc) is 1.50. The molecule has 10 N–H and O–H groups in total. The van der Waals surface area contributed by atoms with Crippen molar-refractivity contribution in [3.63, 3.8) is 0 Å². The van der Waals surface area contributed by atoms with Gasteiger partial charge in [0.05, 0.1) is 57.7 Å². The lowest BCUT2D eigenvalue weighted by Gasteiger charge is -2.38. The molecule has 6 aliphatic heterocycles. The van der Waals surface area contributed by atoms with Gasteiger partial charge >= 0.3 is 5.97 Å². The number of benzene rings is 4. The van der Waals surface area contributed by atoms with Crippen molar-refractivity contribution in [2.45, 2.75) is 229 Å². The van der Waals surface area contributed by atoms with Crippen molar-refractivity contribution in [1.29, 1.82) is 0 Å². The van der Waals surface area contributed by atoms with E-state index in [9.17, 15) is 67.7 Å². The number of nitrogens with one attached hydrogen (secondary N) is 5. The summed E-state index contributed by atoms with van der Waals surface area (Å²) in [5, 5.41) is 44.6. The molecule has 6 aromatic rings. The zero-order chi connectivity index (χ0) is 88.8. The number of amides is 11. The second kappa shape index (κ2) is 44.8. The molecule has 668 valence electrons. The van der Waals surface area contributed by atoms with E-state index in [0.717, 1.165) is 152 Å². The third-order valence-corrected chi connectivity index (χ3v) is 25.4. The summed E-state index contributed by atoms with van der Waals surface area (Å²) in [6.07, 6.45) is 20.3. The first kappa shape index (κ1) is 93.3. The number of carboxylic acids is 1. The summed E-state index contributed by atoms with van der Waals surface area (Å²) >= 11 is 12.3. The number of unbranched alkanes of at least 4 members (excludes halogenated alkanes) is 12. The average molecular weight is 1760 g/mol. The quantitative estimate of drug-likeness (QED) is 0.0129. The van der Waals surface area contributed by atoms with Crippen LogP contribution < -0.4 is 42.1 Å². The van der Waals surface area contributed by atoms with E-state index in [1.807, 2.05) is 58.3 Å². The maximum atomic E-state index is 14.0. The van der Waals surface area contributed by atoms with Gasteiger partial charge in [0.15, 0.2) is 0 Å². The number of aromatic nitrogens is 4. The molecule has 0 spiro atoms. The number of imide groups is 4. The predicted molar refractivity (Wildman–Crippen MR) is 471 cm³/mol. The summed E-state index contributed by atoms with van der Waals surface area (Å²) in [6.45, 7) is 11.8. The Morgan fingerprint density at radius 2 is 0.872 bits per heavy atom. The van der Waals surface area contributed by atoms with Crippen LogP contribution >= 0.6 is 23.2 Å². The number of rotatable bonds is 37. The minimum absolute atomic E-state index is 0.0372. The molecule has 125 heavy (non-hydrogen) atoms. The van der Waals surface area contributed by atoms with Crippen LogP contribution in [-0.4, -0.2) is 216 Å². The Hall–Kier alpha value is -10.9. The van der Waals surface area contributed by atoms with Crippen LogP contribution in [0.25, 0.3) is 0 Å². The number of aliphatic hydroxyl groups excluding tert-OH is 2. The first-order chi connectivity index (χ1) is 60.4. The Kier molecular flexibility index (Phi) is 33.5. The number of halogens is 2. The number of aliphatic hydroxyl groups is 2. The van der Waals surface area contributed by atoms with E-state index in [4.69, 9.17) is 34.0 Å². The standard InChI is InChI=1S/C46H57ClN8O7.C24H32ClN5O2.C22H27N3O6/c1-29-27-36(56)41-39(29)42(51-28-50-41)53-23-25-54(26-24-53)44(60)32(30-15-17-31(47)18-16-30)11-7-9-22-49-37(57)14-6-4-2-3-5-8-21-48-34-13-10-12-33-40(34)46(62)55(45(33)61)35-19-20-38(58)52-43(35)59;1-16-14-20(31)22-21(16)23(28-15-27-22)29-10-12-30(13-11-29)24(32)19(4-2-3-9-26)17-5-7-18(25)8-6-17;26-17-12-11-16(20(29)24-17)25-21(30)14-8-7-9-15(19(14)22(25)31)23-13-6-4-2-1-3-5-10-18(27)28/h10,12-13,15-18,28-29,32,35-36,48,56H,2-9,11,14,19-27H2,1H3,(H,49,57)(H,52,58,59);5-8,15-16,19-20,31H,2-4,9-14,26H2,1H3;7-9,16,23H,1-6,10-13H2,(H,27,28)(H,24,26,29)/t29-,32-,35?,36-;16-,19-,20-;/m11./s1. The van der Waals surface area contributed by atoms with E-state index in [1.54, 1.807) is 42.7 Å². The van der Waals surface area contributed by atoms with Crippen LogP contribution in [0.2, 0.25) is 10.0 Å². The van der Waals surface area contributed by atoms with Crippen LogP contribution in [-0.2, 0) is 38.4 Å². The summed E-state index contributed by atoms with van der Waals surface area (Å²) < 4.78 is 0. The Bertz CT molecular complexity index is 4870. The van der Waals surface area contributed by atoms with E-state index < -0.39 is 77.5 Å². The summed E-state index contributed by atoms with van der Waals surface area (Å²) in [4.78, 5) is 178. The molecular weight excluding hydrogens is 1640 g/mol. The largest absolute Gasteiger partial charge is 0.481 e. The molecule has 8 heterocycles. The number of anilines is 4. The molecule has 4 saturated heterocycles. The van der Waals surface area contributed by atoms with Gasteiger partial charge in [-0.05, 0) is 155 Å². The SMILES string of the molecule is C[C@@H]1C[C@@H](O)c2ncnc(N3CCN(C(=O)[C@H](CCCCN)c4ccc(Cl)cc4)CC3)c21.C[C@@H]1C[C@@H](O)c2ncnc(N3CCN(C(=O)[C@H](CCCCNC(=O)CCCCCCCCNc4cccc5c4C(=O)N(C4CCC(=O)NC4=O)C5=O)c4ccc(Cl)cc4)CC3)c21.O=C(O)CCCCCCCCNc1cccc2c1C(=O)N(C1CCC(=O)NC1=O)C2=O. The fourth-order valence-corrected chi connectivity index (χ4v) is 18.4. The van der Waals surface area contributed by atoms with Gasteiger partial charge in [-0.2, -0.15) is 0 Å². The van der Waals surface area contributed by atoms with Gasteiger partial charge in [0.1, 0.15) is 36.4 Å². The number of hydrogen-bond acceptors (Lipinski definition) is 23. The zero-order valence-corrected chi connectivity index (χ0v) is 72.8. The summed E-state index contributed by atoms with van der Waals surface area (Å²) in [5.74, 6) is -2.91. The van der Waals surface area contributed by atoms with Gasteiger partial charge in [-0.1, -0.05) is 138 Å². The number of hydrogen-bond donors (Lipinski definition) is 9. The molecule has 14 rings (SSSR count). The molecule has 0 saturated carbocycles. The molecule has 31 nitrogen and oxygen atoms in total. The lowest BCUT2D eigenvalue weighted by molar-refractivity contribution is -0.138. The number of piperidine rings is 2. The Balaban J connectivity index is 0.000000189. The second-order valence-electron chi connectivity index (χ2n) is 33.6. The highest BCUT2D eigenvalue weighted by molar-refractivity contribution is 6.31. The van der Waals surface area contributed by atoms with E-state index in [-0.39, 0.29) is 95.8 Å². The highest BCUT2D eigenvalue weighted by Crippen LogP contribution is 2.45. The normalized spacial score (nSPS) is 20.1. The molecule has 4 fully saturated rings. The fraction of sp³-hybridized carbons (Fsp3) is 0.522. The molecule has 4 aromatic carbocycles. The Morgan fingerprint density at radius 3 is 1.28 bits per heavy atom. The molecular formula is C92H116Cl2N16O15. The second-order valence-corrected chi connectivity index (χ2v) is 34.5. The van der Waals surface area contributed by atoms with Gasteiger partial charge in [-0.3, -0.25) is 78.0 Å². The van der Waals surface area contributed by atoms with Crippen LogP contribution in [0.1, 0.15) is 292 Å². The first-order valence-corrected chi connectivity index (χ1v) is 45.2. The third-order valence-electron chi connectivity index (χ3n) is 24.9. The first-order valence-electron chi connectivity index (χ1n) is 44.4. The van der Waals surface area contributed by atoms with E-state index in [0.29, 0.717) is 138 Å². The van der Waals surface area contributed by atoms with Gasteiger partial charge < -0.3 is 56.6 Å². The van der Waals surface area contributed by atoms with Gasteiger partial charge in [0.25, 0.3) is 23.6 Å². The predicted octanol–water partition coefficient (Wildman–Crippen LogP) is 11.2. The number of nitrogens with two attached hydrogens (primary N) is 1. The van der Waals surface area contributed by atoms with Crippen molar-refractivity contribution in [2.24, 2.45) is 5.73 Å². The van der Waals surface area contributed by atoms with E-state index in [2.05, 4.69) is 70.2 Å². The fourth-order valence-electron chi connectivity index (χ4n) is 18.2. The lowest BCUT2D eigenvalue weighted by Crippen LogP contribution is -2.54. The maximum absolute atomic E-state index is 14.0. The Morgan fingerprint density at radius 1 is 0.480 bits per heavy atom. The van der Waals surface area contributed by atoms with Gasteiger partial charge in [0.2, 0.25) is 41.4 Å². The minimum Gasteiger partial charge on any atom is -0.481 e. The Labute approximate surface area is 738 Å². The van der Waals surface area contributed by atoms with E-state index in [1.165, 1.54) is 6.33 Å². The molecule has 33 heteroatoms. The molecule has 2 aliphatic carbocycles. The summed E-state index contributed by atoms with van der Waals surface area (Å²) in [7, 11) is 0. The molecule has 2 aromatic heterocycles. The number of nitrogens with zero attached hydrogens (tertiary/aromatic N) is 10. The number of aliphatic carboxylic acids is 1. The minimum atomic E-state index is -0.998. The topological polar surface area (TPSA) is 423 Å². The van der Waals surface area contributed by atoms with Gasteiger partial charge in [0, 0.05) is 130 Å². The highest BCUT2D eigenvalue weighted by atomic mass is 35.5. The molecule has 8 atom stereocenters. The van der Waals surface area contributed by atoms with Crippen molar-refractivity contribution in [3.05, 3.63) is 164 Å². The lowest BCUT2D eigenvalue weighted by atomic mass is 9.91. The van der Waals surface area contributed by atoms with Crippen molar-refractivity contribution < 1.29 is 72.9 Å². The van der Waals surface area contributed by atoms with E-state index >= 15 is 0 Å². The molecule has 11 amide bonds. The molecule has 8 aliphatic rings. The summed E-state index contributed by atoms with van der Waals surface area (Å²) in [5.41, 5.74) is 13.3. The van der Waals surface area contributed by atoms with Crippen molar-refractivity contribution in [3.8, 4) is 0 Å². The highest BCUT2D eigenvalue weighted by Gasteiger charge is 2.48. The molecule has 2 unspecified atom stereocenters. The van der Waals surface area contributed by atoms with Crippen LogP contribution in [0.15, 0.2) is 97.6 Å². The van der Waals surface area contributed by atoms with Crippen molar-refractivity contribution in [2.75, 3.05) is 99.0 Å². The number of piperazine rings is 2.